The fourth-order valence-corrected chi connectivity index (χ4v) is 2.91. The van der Waals surface area contributed by atoms with E-state index in [-0.39, 0.29) is 30.4 Å². The van der Waals surface area contributed by atoms with E-state index in [1.807, 2.05) is 0 Å². The highest BCUT2D eigenvalue weighted by molar-refractivity contribution is 7.99. The van der Waals surface area contributed by atoms with Gasteiger partial charge in [-0.1, -0.05) is 23.9 Å². The van der Waals surface area contributed by atoms with Crippen molar-refractivity contribution in [1.82, 2.24) is 14.9 Å². The average molecular weight is 350 g/mol. The number of benzene rings is 1. The molecule has 24 heavy (non-hydrogen) atoms. The second-order valence-electron chi connectivity index (χ2n) is 4.98. The number of amides is 2. The molecule has 0 radical (unpaired) electrons. The highest BCUT2D eigenvalue weighted by atomic mass is 32.2. The maximum atomic E-state index is 12.6. The molecule has 0 unspecified atom stereocenters. The summed E-state index contributed by atoms with van der Waals surface area (Å²) in [5.41, 5.74) is 5.30. The summed E-state index contributed by atoms with van der Waals surface area (Å²) in [4.78, 5) is 39.4. The van der Waals surface area contributed by atoms with E-state index in [9.17, 15) is 14.4 Å². The first-order valence-electron chi connectivity index (χ1n) is 7.31. The standard InChI is InChI=1S/C15H18N4O4S/c16-12(21)8-17-13(22)9-24-15-18-11-5-2-1-4-10(11)14(23)19(15)6-3-7-20/h1-2,4-5,20H,3,6-9H2,(H2,16,21)(H,17,22). The van der Waals surface area contributed by atoms with Gasteiger partial charge in [0.05, 0.1) is 23.2 Å². The zero-order valence-corrected chi connectivity index (χ0v) is 13.7. The number of rotatable bonds is 8. The van der Waals surface area contributed by atoms with Crippen LogP contribution in [0.1, 0.15) is 6.42 Å². The van der Waals surface area contributed by atoms with E-state index in [1.165, 1.54) is 4.57 Å². The molecular formula is C15H18N4O4S. The Kier molecular flexibility index (Phi) is 6.33. The van der Waals surface area contributed by atoms with Crippen LogP contribution in [-0.2, 0) is 16.1 Å². The van der Waals surface area contributed by atoms with Crippen molar-refractivity contribution in [2.45, 2.75) is 18.1 Å². The molecule has 128 valence electrons. The van der Waals surface area contributed by atoms with Gasteiger partial charge in [-0.2, -0.15) is 0 Å². The molecule has 2 aromatic rings. The Labute approximate surface area is 142 Å². The minimum Gasteiger partial charge on any atom is -0.396 e. The fraction of sp³-hybridized carbons (Fsp3) is 0.333. The van der Waals surface area contributed by atoms with Crippen LogP contribution in [0.5, 0.6) is 0 Å². The average Bonchev–Trinajstić information content (AvgIpc) is 2.57. The van der Waals surface area contributed by atoms with Crippen molar-refractivity contribution in [3.8, 4) is 0 Å². The number of aliphatic hydroxyl groups is 1. The summed E-state index contributed by atoms with van der Waals surface area (Å²) in [6.45, 7) is 0.0166. The number of thioether (sulfide) groups is 1. The van der Waals surface area contributed by atoms with E-state index in [4.69, 9.17) is 10.8 Å². The van der Waals surface area contributed by atoms with Crippen molar-refractivity contribution in [3.63, 3.8) is 0 Å². The summed E-state index contributed by atoms with van der Waals surface area (Å²) in [5, 5.41) is 12.3. The number of hydrogen-bond donors (Lipinski definition) is 3. The molecule has 0 aliphatic heterocycles. The number of nitrogens with zero attached hydrogens (tertiary/aromatic N) is 2. The lowest BCUT2D eigenvalue weighted by molar-refractivity contribution is -0.123. The highest BCUT2D eigenvalue weighted by Crippen LogP contribution is 2.17. The van der Waals surface area contributed by atoms with Gasteiger partial charge in [-0.25, -0.2) is 4.98 Å². The van der Waals surface area contributed by atoms with Crippen LogP contribution in [0.25, 0.3) is 10.9 Å². The number of carbonyl (C=O) groups is 2. The van der Waals surface area contributed by atoms with Crippen molar-refractivity contribution in [2.24, 2.45) is 5.73 Å². The molecule has 0 fully saturated rings. The minimum atomic E-state index is -0.628. The van der Waals surface area contributed by atoms with E-state index in [2.05, 4.69) is 10.3 Å². The Morgan fingerprint density at radius 2 is 2.08 bits per heavy atom. The van der Waals surface area contributed by atoms with Gasteiger partial charge in [0.2, 0.25) is 11.8 Å². The molecule has 0 saturated heterocycles. The summed E-state index contributed by atoms with van der Waals surface area (Å²) in [6.07, 6.45) is 0.404. The van der Waals surface area contributed by atoms with Crippen LogP contribution in [0.4, 0.5) is 0 Å². The number of nitrogens with two attached hydrogens (primary N) is 1. The molecule has 1 heterocycles. The van der Waals surface area contributed by atoms with Crippen LogP contribution >= 0.6 is 11.8 Å². The number of carbonyl (C=O) groups excluding carboxylic acids is 2. The van der Waals surface area contributed by atoms with Gasteiger partial charge in [-0.3, -0.25) is 19.0 Å². The third-order valence-electron chi connectivity index (χ3n) is 3.16. The predicted molar refractivity (Wildman–Crippen MR) is 90.6 cm³/mol. The summed E-state index contributed by atoms with van der Waals surface area (Å²) < 4.78 is 1.45. The normalized spacial score (nSPS) is 10.7. The maximum Gasteiger partial charge on any atom is 0.262 e. The SMILES string of the molecule is NC(=O)CNC(=O)CSc1nc2ccccc2c(=O)n1CCCO. The number of fused-ring (bicyclic) bond motifs is 1. The number of nitrogens with one attached hydrogen (secondary N) is 1. The Bertz CT molecular complexity index is 806. The van der Waals surface area contributed by atoms with Gasteiger partial charge >= 0.3 is 0 Å². The fourth-order valence-electron chi connectivity index (χ4n) is 2.05. The second kappa shape index (κ2) is 8.46. The van der Waals surface area contributed by atoms with E-state index in [0.717, 1.165) is 11.8 Å². The third kappa shape index (κ3) is 4.56. The lowest BCUT2D eigenvalue weighted by Gasteiger charge is -2.12. The van der Waals surface area contributed by atoms with Gasteiger partial charge in [-0.05, 0) is 18.6 Å². The second-order valence-corrected chi connectivity index (χ2v) is 5.92. The summed E-state index contributed by atoms with van der Waals surface area (Å²) >= 11 is 1.09. The van der Waals surface area contributed by atoms with Gasteiger partial charge in [-0.15, -0.1) is 0 Å². The van der Waals surface area contributed by atoms with E-state index >= 15 is 0 Å². The molecule has 2 amide bonds. The zero-order chi connectivity index (χ0) is 17.5. The quantitative estimate of drug-likeness (QED) is 0.434. The monoisotopic (exact) mass is 350 g/mol. The molecule has 0 aliphatic rings. The smallest absolute Gasteiger partial charge is 0.262 e. The molecule has 8 nitrogen and oxygen atoms in total. The van der Waals surface area contributed by atoms with Gasteiger partial charge in [0, 0.05) is 13.2 Å². The summed E-state index contributed by atoms with van der Waals surface area (Å²) in [7, 11) is 0. The maximum absolute atomic E-state index is 12.6. The van der Waals surface area contributed by atoms with Gasteiger partial charge in [0.1, 0.15) is 0 Å². The van der Waals surface area contributed by atoms with E-state index in [1.54, 1.807) is 24.3 Å². The Balaban J connectivity index is 2.25. The Morgan fingerprint density at radius 3 is 2.79 bits per heavy atom. The van der Waals surface area contributed by atoms with Gasteiger partial charge in [0.15, 0.2) is 5.16 Å². The molecule has 9 heteroatoms. The zero-order valence-electron chi connectivity index (χ0n) is 12.9. The van der Waals surface area contributed by atoms with Crippen LogP contribution in [0.15, 0.2) is 34.2 Å². The van der Waals surface area contributed by atoms with Crippen molar-refractivity contribution < 1.29 is 14.7 Å². The Hall–Kier alpha value is -2.39. The van der Waals surface area contributed by atoms with Gasteiger partial charge in [0.25, 0.3) is 5.56 Å². The molecule has 0 atom stereocenters. The molecule has 0 saturated carbocycles. The molecule has 0 aliphatic carbocycles. The van der Waals surface area contributed by atoms with Gasteiger partial charge < -0.3 is 16.2 Å². The van der Waals surface area contributed by atoms with Crippen LogP contribution in [0, 0.1) is 0 Å². The molecule has 1 aromatic heterocycles. The Morgan fingerprint density at radius 1 is 1.33 bits per heavy atom. The van der Waals surface area contributed by atoms with Crippen LogP contribution < -0.4 is 16.6 Å². The van der Waals surface area contributed by atoms with Crippen molar-refractivity contribution >= 4 is 34.5 Å². The van der Waals surface area contributed by atoms with Crippen LogP contribution in [-0.4, -0.2) is 45.4 Å². The molecular weight excluding hydrogens is 332 g/mol. The molecule has 4 N–H and O–H groups in total. The molecule has 2 rings (SSSR count). The minimum absolute atomic E-state index is 0.00279. The topological polar surface area (TPSA) is 127 Å². The number of hydrogen-bond acceptors (Lipinski definition) is 6. The molecule has 0 bridgehead atoms. The van der Waals surface area contributed by atoms with E-state index < -0.39 is 5.91 Å². The highest BCUT2D eigenvalue weighted by Gasteiger charge is 2.13. The number of aromatic nitrogens is 2. The van der Waals surface area contributed by atoms with Crippen molar-refractivity contribution in [3.05, 3.63) is 34.6 Å². The summed E-state index contributed by atoms with van der Waals surface area (Å²) in [5.74, 6) is -1.01. The predicted octanol–water partition coefficient (Wildman–Crippen LogP) is -0.528. The third-order valence-corrected chi connectivity index (χ3v) is 4.13. The van der Waals surface area contributed by atoms with Crippen LogP contribution in [0.3, 0.4) is 0 Å². The first-order chi connectivity index (χ1) is 11.5. The molecule has 1 aromatic carbocycles. The van der Waals surface area contributed by atoms with E-state index in [0.29, 0.717) is 29.0 Å². The van der Waals surface area contributed by atoms with Crippen molar-refractivity contribution in [1.29, 1.82) is 0 Å². The largest absolute Gasteiger partial charge is 0.396 e. The first kappa shape index (κ1) is 18.0. The molecule has 0 spiro atoms. The summed E-state index contributed by atoms with van der Waals surface area (Å²) in [6, 6.07) is 6.95. The number of primary amides is 1. The lowest BCUT2D eigenvalue weighted by atomic mass is 10.2. The van der Waals surface area contributed by atoms with Crippen LogP contribution in [0.2, 0.25) is 0 Å². The first-order valence-corrected chi connectivity index (χ1v) is 8.29. The lowest BCUT2D eigenvalue weighted by Crippen LogP contribution is -2.34. The number of para-hydroxylation sites is 1. The number of aliphatic hydroxyl groups excluding tert-OH is 1. The van der Waals surface area contributed by atoms with Crippen molar-refractivity contribution in [2.75, 3.05) is 18.9 Å².